The maximum atomic E-state index is 15.2. The van der Waals surface area contributed by atoms with Crippen molar-refractivity contribution in [3.63, 3.8) is 0 Å². The Balaban J connectivity index is 1.03. The minimum atomic E-state index is -1.04. The van der Waals surface area contributed by atoms with Gasteiger partial charge in [-0.05, 0) is 59.8 Å². The van der Waals surface area contributed by atoms with Crippen LogP contribution in [0.25, 0.3) is 33.6 Å². The molecular weight excluding hydrogens is 732 g/mol. The van der Waals surface area contributed by atoms with Crippen molar-refractivity contribution in [2.75, 3.05) is 20.8 Å². The molecule has 57 heavy (non-hydrogen) atoms. The van der Waals surface area contributed by atoms with Crippen molar-refractivity contribution >= 4 is 24.0 Å². The van der Waals surface area contributed by atoms with E-state index in [1.54, 1.807) is 22.2 Å². The number of ether oxygens (including phenoxy) is 2. The monoisotopic (exact) mass is 782 g/mol. The number of alkyl halides is 1. The number of fused-ring (bicyclic) bond motifs is 2. The van der Waals surface area contributed by atoms with Crippen LogP contribution in [0.5, 0.6) is 0 Å². The molecule has 2 bridgehead atoms. The number of nitrogens with zero attached hydrogens (tertiary/aromatic N) is 4. The Kier molecular flexibility index (Phi) is 11.4. The molecule has 2 aromatic heterocycles. The lowest BCUT2D eigenvalue weighted by atomic mass is 9.94. The van der Waals surface area contributed by atoms with Crippen molar-refractivity contribution in [2.45, 2.75) is 89.8 Å². The molecule has 2 saturated heterocycles. The number of hydrogen-bond acceptors (Lipinski definition) is 8. The van der Waals surface area contributed by atoms with E-state index >= 15 is 4.39 Å². The van der Waals surface area contributed by atoms with Gasteiger partial charge in [-0.3, -0.25) is 9.59 Å². The van der Waals surface area contributed by atoms with E-state index in [-0.39, 0.29) is 48.1 Å². The number of nitrogens with one attached hydrogen (secondary N) is 4. The molecular formula is C42H51FN8O6. The zero-order valence-electron chi connectivity index (χ0n) is 33.1. The highest BCUT2D eigenvalue weighted by Gasteiger charge is 2.56. The second-order valence-electron chi connectivity index (χ2n) is 15.9. The standard InChI is InChI=1S/C42H51FN8O6/c1-22(2)34(48-41(54)56-5)39(52)50-17-7-8-33(50)37-44-20-31(46-37)26-13-9-24(10-14-26)25-11-15-27(16-12-25)32-21-45-38(47-32)36-29-18-28(19-30(29)43)51(36)40(53)35(23(3)4)49-42(55)57-6/h9-16,20-23,28-30,33-36H,7-8,17-19H2,1-6H3,(H,44,46)(H,45,47)(H,48,54)(H,49,55)/t28?,29?,30?,33-,34-,35-,36?/m0/s1. The summed E-state index contributed by atoms with van der Waals surface area (Å²) in [4.78, 5) is 71.1. The summed E-state index contributed by atoms with van der Waals surface area (Å²) < 4.78 is 24.7. The Morgan fingerprint density at radius 1 is 0.737 bits per heavy atom. The number of aromatic nitrogens is 4. The van der Waals surface area contributed by atoms with E-state index < -0.39 is 36.5 Å². The number of aromatic amines is 2. The number of likely N-dealkylation sites (tertiary alicyclic amines) is 2. The molecule has 1 aliphatic carbocycles. The fraction of sp³-hybridized carbons (Fsp3) is 0.476. The first-order valence-corrected chi connectivity index (χ1v) is 19.6. The molecule has 7 atom stereocenters. The summed E-state index contributed by atoms with van der Waals surface area (Å²) in [6.07, 6.45) is 3.56. The van der Waals surface area contributed by atoms with Gasteiger partial charge in [-0.25, -0.2) is 23.9 Å². The van der Waals surface area contributed by atoms with Gasteiger partial charge in [0.2, 0.25) is 11.8 Å². The number of alkyl carbamates (subject to hydrolysis) is 2. The van der Waals surface area contributed by atoms with E-state index in [1.165, 1.54) is 14.2 Å². The van der Waals surface area contributed by atoms with Crippen LogP contribution in [0.4, 0.5) is 14.0 Å². The quantitative estimate of drug-likeness (QED) is 0.132. The van der Waals surface area contributed by atoms with Crippen molar-refractivity contribution in [3.05, 3.63) is 72.6 Å². The maximum Gasteiger partial charge on any atom is 0.407 e. The van der Waals surface area contributed by atoms with Gasteiger partial charge >= 0.3 is 12.2 Å². The van der Waals surface area contributed by atoms with Crippen LogP contribution in [0.15, 0.2) is 60.9 Å². The SMILES string of the molecule is COC(=O)N[C@H](C(=O)N1C2CC(F)C(C2)C1c1ncc(-c2ccc(-c3ccc(-c4cnc([C@@H]5CCCN5C(=O)[C@@H](NC(=O)OC)C(C)C)[nH]4)cc3)cc2)[nH]1)C(C)C. The van der Waals surface area contributed by atoms with Gasteiger partial charge in [0.1, 0.15) is 29.9 Å². The minimum absolute atomic E-state index is 0.116. The summed E-state index contributed by atoms with van der Waals surface area (Å²) in [5.41, 5.74) is 5.47. The minimum Gasteiger partial charge on any atom is -0.453 e. The zero-order valence-corrected chi connectivity index (χ0v) is 33.1. The smallest absolute Gasteiger partial charge is 0.407 e. The fourth-order valence-electron chi connectivity index (χ4n) is 8.66. The molecule has 1 saturated carbocycles. The molecule has 3 aliphatic rings. The van der Waals surface area contributed by atoms with Gasteiger partial charge in [-0.1, -0.05) is 76.2 Å². The van der Waals surface area contributed by atoms with Crippen LogP contribution in [0, 0.1) is 17.8 Å². The Morgan fingerprint density at radius 3 is 1.75 bits per heavy atom. The Labute approximate surface area is 331 Å². The topological polar surface area (TPSA) is 175 Å². The van der Waals surface area contributed by atoms with Gasteiger partial charge < -0.3 is 39.9 Å². The summed E-state index contributed by atoms with van der Waals surface area (Å²) in [5.74, 6) is 0.111. The summed E-state index contributed by atoms with van der Waals surface area (Å²) in [5, 5.41) is 5.35. The number of rotatable bonds is 11. The molecule has 2 aromatic carbocycles. The number of benzene rings is 2. The van der Waals surface area contributed by atoms with Gasteiger partial charge in [-0.15, -0.1) is 0 Å². The summed E-state index contributed by atoms with van der Waals surface area (Å²) in [6, 6.07) is 13.6. The third-order valence-corrected chi connectivity index (χ3v) is 11.7. The second-order valence-corrected chi connectivity index (χ2v) is 15.9. The van der Waals surface area contributed by atoms with Gasteiger partial charge in [0.05, 0.1) is 50.1 Å². The summed E-state index contributed by atoms with van der Waals surface area (Å²) >= 11 is 0. The zero-order chi connectivity index (χ0) is 40.5. The third-order valence-electron chi connectivity index (χ3n) is 11.7. The molecule has 14 nitrogen and oxygen atoms in total. The number of piperidine rings is 1. The molecule has 3 fully saturated rings. The van der Waals surface area contributed by atoms with Crippen molar-refractivity contribution in [2.24, 2.45) is 17.8 Å². The Bertz CT molecular complexity index is 2080. The maximum absolute atomic E-state index is 15.2. The number of hydrogen-bond donors (Lipinski definition) is 4. The number of imidazole rings is 2. The third kappa shape index (κ3) is 7.83. The van der Waals surface area contributed by atoms with Gasteiger partial charge in [0, 0.05) is 18.5 Å². The Hall–Kier alpha value is -5.73. The molecule has 0 spiro atoms. The number of carbonyl (C=O) groups is 4. The first-order valence-electron chi connectivity index (χ1n) is 19.6. The van der Waals surface area contributed by atoms with Crippen molar-refractivity contribution in [1.82, 2.24) is 40.4 Å². The number of amides is 4. The molecule has 4 N–H and O–H groups in total. The van der Waals surface area contributed by atoms with E-state index in [0.717, 1.165) is 46.5 Å². The van der Waals surface area contributed by atoms with E-state index in [9.17, 15) is 19.2 Å². The number of carbonyl (C=O) groups excluding carboxylic acids is 4. The normalized spacial score (nSPS) is 22.5. The van der Waals surface area contributed by atoms with E-state index in [4.69, 9.17) is 9.47 Å². The summed E-state index contributed by atoms with van der Waals surface area (Å²) in [6.45, 7) is 8.07. The lowest BCUT2D eigenvalue weighted by Crippen LogP contribution is -2.54. The summed E-state index contributed by atoms with van der Waals surface area (Å²) in [7, 11) is 2.54. The molecule has 0 radical (unpaired) electrons. The molecule has 2 aliphatic heterocycles. The average molecular weight is 783 g/mol. The molecule has 4 aromatic rings. The van der Waals surface area contributed by atoms with Crippen LogP contribution in [0.2, 0.25) is 0 Å². The average Bonchev–Trinajstić information content (AvgIpc) is 4.07. The largest absolute Gasteiger partial charge is 0.453 e. The highest BCUT2D eigenvalue weighted by molar-refractivity contribution is 5.87. The number of methoxy groups -OCH3 is 2. The molecule has 4 heterocycles. The van der Waals surface area contributed by atoms with Crippen LogP contribution >= 0.6 is 0 Å². The van der Waals surface area contributed by atoms with E-state index in [1.807, 2.05) is 76.2 Å². The van der Waals surface area contributed by atoms with Crippen LogP contribution in [0.3, 0.4) is 0 Å². The molecule has 4 amide bonds. The van der Waals surface area contributed by atoms with Crippen LogP contribution < -0.4 is 10.6 Å². The highest BCUT2D eigenvalue weighted by Crippen LogP contribution is 2.51. The Morgan fingerprint density at radius 2 is 1.23 bits per heavy atom. The predicted octanol–water partition coefficient (Wildman–Crippen LogP) is 6.56. The van der Waals surface area contributed by atoms with E-state index in [2.05, 4.69) is 30.6 Å². The lowest BCUT2D eigenvalue weighted by Gasteiger charge is -2.38. The van der Waals surface area contributed by atoms with Crippen LogP contribution in [-0.2, 0) is 19.1 Å². The predicted molar refractivity (Wildman–Crippen MR) is 210 cm³/mol. The molecule has 7 rings (SSSR count). The number of H-pyrrole nitrogens is 2. The van der Waals surface area contributed by atoms with Gasteiger partial charge in [0.15, 0.2) is 0 Å². The first-order chi connectivity index (χ1) is 27.4. The van der Waals surface area contributed by atoms with E-state index in [0.29, 0.717) is 24.6 Å². The molecule has 302 valence electrons. The molecule has 15 heteroatoms. The van der Waals surface area contributed by atoms with Crippen molar-refractivity contribution in [1.29, 1.82) is 0 Å². The van der Waals surface area contributed by atoms with Gasteiger partial charge in [0.25, 0.3) is 0 Å². The van der Waals surface area contributed by atoms with Crippen molar-refractivity contribution in [3.8, 4) is 33.6 Å². The highest BCUT2D eigenvalue weighted by atomic mass is 19.1. The number of halogens is 1. The van der Waals surface area contributed by atoms with Crippen molar-refractivity contribution < 1.29 is 33.0 Å². The molecule has 4 unspecified atom stereocenters. The first kappa shape index (κ1) is 39.5. The van der Waals surface area contributed by atoms with Crippen LogP contribution in [0.1, 0.15) is 77.1 Å². The fourth-order valence-corrected chi connectivity index (χ4v) is 8.66. The van der Waals surface area contributed by atoms with Crippen LogP contribution in [-0.4, -0.2) is 98.8 Å². The lowest BCUT2D eigenvalue weighted by molar-refractivity contribution is -0.140. The van der Waals surface area contributed by atoms with Gasteiger partial charge in [-0.2, -0.15) is 0 Å². The second kappa shape index (κ2) is 16.4.